The molecule has 0 saturated carbocycles. The summed E-state index contributed by atoms with van der Waals surface area (Å²) >= 11 is 0. The number of nitrogens with zero attached hydrogens (tertiary/aromatic N) is 1. The third-order valence-corrected chi connectivity index (χ3v) is 5.72. The predicted molar refractivity (Wildman–Crippen MR) is 121 cm³/mol. The van der Waals surface area contributed by atoms with Gasteiger partial charge >= 0.3 is 0 Å². The van der Waals surface area contributed by atoms with E-state index in [9.17, 15) is 9.59 Å². The Labute approximate surface area is 166 Å². The maximum atomic E-state index is 13.5. The lowest BCUT2D eigenvalue weighted by molar-refractivity contribution is 1.13. The third kappa shape index (κ3) is 2.47. The van der Waals surface area contributed by atoms with Crippen LogP contribution < -0.4 is 15.8 Å². The summed E-state index contributed by atoms with van der Waals surface area (Å²) in [5.41, 5.74) is 4.82. The lowest BCUT2D eigenvalue weighted by atomic mass is 9.98. The molecule has 0 spiro atoms. The van der Waals surface area contributed by atoms with Gasteiger partial charge in [0, 0.05) is 47.0 Å². The lowest BCUT2D eigenvalue weighted by Gasteiger charge is -2.15. The molecule has 0 bridgehead atoms. The zero-order valence-electron chi connectivity index (χ0n) is 16.6. The highest BCUT2D eigenvalue weighted by atomic mass is 16.1. The fraction of sp³-hybridized carbons (Fsp3) is 0.167. The average Bonchev–Trinajstić information content (AvgIpc) is 2.73. The van der Waals surface area contributed by atoms with Gasteiger partial charge in [-0.2, -0.15) is 0 Å². The van der Waals surface area contributed by atoms with E-state index in [2.05, 4.69) is 9.97 Å². The molecule has 5 nitrogen and oxygen atoms in total. The second-order valence-corrected chi connectivity index (χ2v) is 7.63. The number of aromatic amines is 2. The zero-order valence-corrected chi connectivity index (χ0v) is 16.6. The van der Waals surface area contributed by atoms with E-state index >= 15 is 0 Å². The molecule has 0 saturated heterocycles. The van der Waals surface area contributed by atoms with E-state index in [1.165, 1.54) is 0 Å². The molecule has 0 aliphatic carbocycles. The highest BCUT2D eigenvalue weighted by molar-refractivity contribution is 6.06. The summed E-state index contributed by atoms with van der Waals surface area (Å²) in [6.45, 7) is 2.02. The van der Waals surface area contributed by atoms with Crippen LogP contribution in [0.2, 0.25) is 0 Å². The summed E-state index contributed by atoms with van der Waals surface area (Å²) in [7, 11) is 3.91. The van der Waals surface area contributed by atoms with E-state index in [-0.39, 0.29) is 10.9 Å². The monoisotopic (exact) mass is 383 g/mol. The molecule has 2 N–H and O–H groups in total. The van der Waals surface area contributed by atoms with Gasteiger partial charge in [-0.25, -0.2) is 0 Å². The van der Waals surface area contributed by atoms with Gasteiger partial charge in [-0.05, 0) is 48.4 Å². The number of hydrogen-bond acceptors (Lipinski definition) is 3. The number of fused-ring (bicyclic) bond motifs is 4. The van der Waals surface area contributed by atoms with Crippen LogP contribution in [0.4, 0.5) is 5.69 Å². The van der Waals surface area contributed by atoms with Gasteiger partial charge in [0.2, 0.25) is 0 Å². The van der Waals surface area contributed by atoms with E-state index < -0.39 is 0 Å². The van der Waals surface area contributed by atoms with E-state index in [1.807, 2.05) is 74.4 Å². The molecule has 0 aliphatic rings. The van der Waals surface area contributed by atoms with Gasteiger partial charge in [-0.15, -0.1) is 0 Å². The number of para-hydroxylation sites is 1. The van der Waals surface area contributed by atoms with Crippen LogP contribution in [0.5, 0.6) is 0 Å². The second kappa shape index (κ2) is 6.21. The molecule has 0 fully saturated rings. The first kappa shape index (κ1) is 17.5. The Kier molecular flexibility index (Phi) is 3.74. The van der Waals surface area contributed by atoms with Crippen molar-refractivity contribution in [1.29, 1.82) is 0 Å². The van der Waals surface area contributed by atoms with Gasteiger partial charge in [-0.1, -0.05) is 19.1 Å². The lowest BCUT2D eigenvalue weighted by Crippen LogP contribution is -2.13. The van der Waals surface area contributed by atoms with E-state index in [4.69, 9.17) is 0 Å². The zero-order chi connectivity index (χ0) is 20.3. The molecule has 29 heavy (non-hydrogen) atoms. The summed E-state index contributed by atoms with van der Waals surface area (Å²) in [6.07, 6.45) is 0.643. The number of aryl methyl sites for hydroxylation is 1. The van der Waals surface area contributed by atoms with Gasteiger partial charge in [0.15, 0.2) is 10.9 Å². The summed E-state index contributed by atoms with van der Waals surface area (Å²) in [4.78, 5) is 35.4. The molecule has 0 unspecified atom stereocenters. The first-order valence-electron chi connectivity index (χ1n) is 9.73. The van der Waals surface area contributed by atoms with Crippen molar-refractivity contribution in [2.45, 2.75) is 13.3 Å². The Morgan fingerprint density at radius 1 is 0.793 bits per heavy atom. The van der Waals surface area contributed by atoms with Crippen molar-refractivity contribution in [3.05, 3.63) is 74.5 Å². The van der Waals surface area contributed by atoms with Crippen LogP contribution in [-0.2, 0) is 6.42 Å². The molecule has 0 atom stereocenters. The number of nitrogens with one attached hydrogen (secondary N) is 2. The van der Waals surface area contributed by atoms with Crippen molar-refractivity contribution in [2.24, 2.45) is 0 Å². The number of aromatic nitrogens is 2. The number of benzene rings is 3. The van der Waals surface area contributed by atoms with Crippen LogP contribution in [-0.4, -0.2) is 24.1 Å². The summed E-state index contributed by atoms with van der Waals surface area (Å²) in [5, 5.41) is 2.56. The number of hydrogen-bond donors (Lipinski definition) is 2. The molecule has 0 aliphatic heterocycles. The van der Waals surface area contributed by atoms with Crippen LogP contribution in [0, 0.1) is 0 Å². The standard InChI is InChI=1S/C24H21N3O2/c1-4-14-21-20(25-19-10-9-13(27(2)3)11-16(19)24(21)29)12-17-22(14)26-18-8-6-5-7-15(18)23(17)28/h5-12H,4H2,1-3H3,(H,25,29)(H,26,28). The fourth-order valence-electron chi connectivity index (χ4n) is 4.23. The van der Waals surface area contributed by atoms with Crippen molar-refractivity contribution in [1.82, 2.24) is 9.97 Å². The van der Waals surface area contributed by atoms with Crippen molar-refractivity contribution in [3.8, 4) is 0 Å². The summed E-state index contributed by atoms with van der Waals surface area (Å²) in [6, 6.07) is 15.1. The molecule has 5 aromatic rings. The molecular weight excluding hydrogens is 362 g/mol. The number of pyridine rings is 2. The topological polar surface area (TPSA) is 69.0 Å². The van der Waals surface area contributed by atoms with Crippen molar-refractivity contribution in [3.63, 3.8) is 0 Å². The van der Waals surface area contributed by atoms with Crippen LogP contribution in [0.3, 0.4) is 0 Å². The van der Waals surface area contributed by atoms with Crippen molar-refractivity contribution in [2.75, 3.05) is 19.0 Å². The highest BCUT2D eigenvalue weighted by Gasteiger charge is 2.16. The molecule has 2 aromatic heterocycles. The quantitative estimate of drug-likeness (QED) is 0.447. The van der Waals surface area contributed by atoms with Gasteiger partial charge in [0.1, 0.15) is 0 Å². The largest absolute Gasteiger partial charge is 0.378 e. The molecule has 144 valence electrons. The average molecular weight is 383 g/mol. The van der Waals surface area contributed by atoms with Crippen LogP contribution in [0.25, 0.3) is 43.6 Å². The van der Waals surface area contributed by atoms with Crippen molar-refractivity contribution < 1.29 is 0 Å². The Morgan fingerprint density at radius 2 is 1.55 bits per heavy atom. The van der Waals surface area contributed by atoms with Gasteiger partial charge in [0.05, 0.1) is 16.4 Å². The van der Waals surface area contributed by atoms with E-state index in [0.717, 1.165) is 27.8 Å². The minimum atomic E-state index is -0.0187. The van der Waals surface area contributed by atoms with Crippen LogP contribution >= 0.6 is 0 Å². The molecule has 0 amide bonds. The molecule has 0 radical (unpaired) electrons. The van der Waals surface area contributed by atoms with Crippen molar-refractivity contribution >= 4 is 49.3 Å². The third-order valence-electron chi connectivity index (χ3n) is 5.72. The van der Waals surface area contributed by atoms with E-state index in [0.29, 0.717) is 33.5 Å². The van der Waals surface area contributed by atoms with Gasteiger partial charge < -0.3 is 14.9 Å². The Balaban J connectivity index is 2.02. The smallest absolute Gasteiger partial charge is 0.197 e. The van der Waals surface area contributed by atoms with Gasteiger partial charge in [-0.3, -0.25) is 9.59 Å². The van der Waals surface area contributed by atoms with Crippen LogP contribution in [0.15, 0.2) is 58.1 Å². The second-order valence-electron chi connectivity index (χ2n) is 7.63. The maximum Gasteiger partial charge on any atom is 0.197 e. The Hall–Kier alpha value is -3.60. The predicted octanol–water partition coefficient (Wildman–Crippen LogP) is 4.30. The molecule has 5 rings (SSSR count). The minimum Gasteiger partial charge on any atom is -0.378 e. The van der Waals surface area contributed by atoms with E-state index in [1.54, 1.807) is 0 Å². The molecular formula is C24H21N3O2. The summed E-state index contributed by atoms with van der Waals surface area (Å²) in [5.74, 6) is 0. The molecule has 2 heterocycles. The van der Waals surface area contributed by atoms with Crippen LogP contribution in [0.1, 0.15) is 12.5 Å². The number of anilines is 1. The summed E-state index contributed by atoms with van der Waals surface area (Å²) < 4.78 is 0. The number of H-pyrrole nitrogens is 2. The molecule has 5 heteroatoms. The maximum absolute atomic E-state index is 13.5. The highest BCUT2D eigenvalue weighted by Crippen LogP contribution is 2.27. The number of rotatable bonds is 2. The minimum absolute atomic E-state index is 0.00907. The normalized spacial score (nSPS) is 11.7. The Morgan fingerprint density at radius 3 is 2.31 bits per heavy atom. The Bertz CT molecular complexity index is 1560. The van der Waals surface area contributed by atoms with Gasteiger partial charge in [0.25, 0.3) is 0 Å². The fourth-order valence-corrected chi connectivity index (χ4v) is 4.23. The first-order valence-corrected chi connectivity index (χ1v) is 9.73. The molecule has 3 aromatic carbocycles. The SMILES string of the molecule is CCc1c2[nH]c3ccccc3c(=O)c2cc2[nH]c3ccc(N(C)C)cc3c(=O)c12. The first-order chi connectivity index (χ1) is 14.0.